The van der Waals surface area contributed by atoms with Crippen molar-refractivity contribution in [3.63, 3.8) is 0 Å². The summed E-state index contributed by atoms with van der Waals surface area (Å²) >= 11 is 12.3. The van der Waals surface area contributed by atoms with Gasteiger partial charge in [0.05, 0.1) is 5.02 Å². The lowest BCUT2D eigenvalue weighted by atomic mass is 10.4. The summed E-state index contributed by atoms with van der Waals surface area (Å²) < 4.78 is 28.0. The maximum absolute atomic E-state index is 12.3. The van der Waals surface area contributed by atoms with Crippen molar-refractivity contribution in [3.05, 3.63) is 50.5 Å². The number of rotatable bonds is 3. The first-order valence-corrected chi connectivity index (χ1v) is 8.43. The number of hydrogen-bond acceptors (Lipinski definition) is 3. The summed E-state index contributed by atoms with van der Waals surface area (Å²) in [5.41, 5.74) is 0. The number of sulfonamides is 1. The molecule has 0 atom stereocenters. The van der Waals surface area contributed by atoms with Gasteiger partial charge in [0.15, 0.2) is 5.82 Å². The third-order valence-corrected chi connectivity index (χ3v) is 5.30. The van der Waals surface area contributed by atoms with Crippen LogP contribution in [0.2, 0.25) is 5.02 Å². The van der Waals surface area contributed by atoms with E-state index in [2.05, 4.69) is 41.6 Å². The van der Waals surface area contributed by atoms with Crippen LogP contribution in [0, 0.1) is 0 Å². The molecule has 19 heavy (non-hydrogen) atoms. The van der Waals surface area contributed by atoms with E-state index >= 15 is 0 Å². The molecule has 2 aromatic rings. The molecule has 0 unspecified atom stereocenters. The van der Waals surface area contributed by atoms with E-state index in [4.69, 9.17) is 11.6 Å². The average molecular weight is 427 g/mol. The molecular formula is C11H7Br2ClN2O2S. The first kappa shape index (κ1) is 14.8. The molecule has 0 aliphatic carbocycles. The van der Waals surface area contributed by atoms with Gasteiger partial charge in [-0.05, 0) is 46.3 Å². The number of hydrogen-bond donors (Lipinski definition) is 1. The highest BCUT2D eigenvalue weighted by Crippen LogP contribution is 2.28. The molecular weight excluding hydrogens is 419 g/mol. The average Bonchev–Trinajstić information content (AvgIpc) is 2.35. The van der Waals surface area contributed by atoms with Crippen LogP contribution in [-0.2, 0) is 10.0 Å². The summed E-state index contributed by atoms with van der Waals surface area (Å²) in [7, 11) is -3.76. The summed E-state index contributed by atoms with van der Waals surface area (Å²) in [5, 5.41) is 0.234. The van der Waals surface area contributed by atoms with Gasteiger partial charge < -0.3 is 0 Å². The van der Waals surface area contributed by atoms with Crippen LogP contribution in [-0.4, -0.2) is 13.4 Å². The van der Waals surface area contributed by atoms with Crippen molar-refractivity contribution in [3.8, 4) is 0 Å². The van der Waals surface area contributed by atoms with Crippen molar-refractivity contribution >= 4 is 59.3 Å². The number of halogens is 3. The van der Waals surface area contributed by atoms with Gasteiger partial charge in [-0.1, -0.05) is 27.5 Å². The molecule has 2 rings (SSSR count). The fourth-order valence-corrected chi connectivity index (χ4v) is 4.08. The van der Waals surface area contributed by atoms with E-state index in [1.807, 2.05) is 0 Å². The molecule has 0 aliphatic heterocycles. The van der Waals surface area contributed by atoms with E-state index in [1.165, 1.54) is 12.3 Å². The first-order chi connectivity index (χ1) is 8.90. The standard InChI is InChI=1S/C11H7Br2ClN2O2S/c12-7-3-4-8(13)10(6-7)19(17,18)16-11-9(14)2-1-5-15-11/h1-6H,(H,15,16). The molecule has 1 N–H and O–H groups in total. The van der Waals surface area contributed by atoms with E-state index in [-0.39, 0.29) is 15.7 Å². The van der Waals surface area contributed by atoms with E-state index < -0.39 is 10.0 Å². The summed E-state index contributed by atoms with van der Waals surface area (Å²) in [6.07, 6.45) is 1.46. The lowest BCUT2D eigenvalue weighted by Crippen LogP contribution is -2.14. The van der Waals surface area contributed by atoms with Crippen LogP contribution in [0.3, 0.4) is 0 Å². The van der Waals surface area contributed by atoms with Crippen molar-refractivity contribution in [2.24, 2.45) is 0 Å². The van der Waals surface area contributed by atoms with Gasteiger partial charge in [0.1, 0.15) is 4.90 Å². The Morgan fingerprint density at radius 3 is 2.63 bits per heavy atom. The SMILES string of the molecule is O=S(=O)(Nc1ncccc1Cl)c1cc(Br)ccc1Br. The van der Waals surface area contributed by atoms with Gasteiger partial charge in [-0.2, -0.15) is 0 Å². The molecule has 0 aliphatic rings. The Labute approximate surface area is 132 Å². The van der Waals surface area contributed by atoms with Crippen LogP contribution in [0.5, 0.6) is 0 Å². The van der Waals surface area contributed by atoms with Crippen LogP contribution < -0.4 is 4.72 Å². The van der Waals surface area contributed by atoms with Crippen LogP contribution in [0.1, 0.15) is 0 Å². The molecule has 1 aromatic carbocycles. The number of aromatic nitrogens is 1. The van der Waals surface area contributed by atoms with E-state index in [0.29, 0.717) is 8.95 Å². The van der Waals surface area contributed by atoms with Crippen LogP contribution in [0.4, 0.5) is 5.82 Å². The Balaban J connectivity index is 2.44. The highest BCUT2D eigenvalue weighted by Gasteiger charge is 2.19. The molecule has 4 nitrogen and oxygen atoms in total. The van der Waals surface area contributed by atoms with Crippen molar-refractivity contribution in [1.82, 2.24) is 4.98 Å². The molecule has 0 radical (unpaired) electrons. The minimum absolute atomic E-state index is 0.0936. The first-order valence-electron chi connectivity index (χ1n) is 4.98. The highest BCUT2D eigenvalue weighted by molar-refractivity contribution is 9.11. The number of benzene rings is 1. The van der Waals surface area contributed by atoms with Crippen molar-refractivity contribution in [2.45, 2.75) is 4.90 Å². The molecule has 0 saturated carbocycles. The molecule has 0 bridgehead atoms. The molecule has 8 heteroatoms. The molecule has 0 saturated heterocycles. The quantitative estimate of drug-likeness (QED) is 0.805. The Morgan fingerprint density at radius 2 is 1.95 bits per heavy atom. The Hall–Kier alpha value is -0.630. The Kier molecular flexibility index (Phi) is 4.50. The summed E-state index contributed by atoms with van der Waals surface area (Å²) in [4.78, 5) is 3.99. The third kappa shape index (κ3) is 3.47. The maximum atomic E-state index is 12.3. The van der Waals surface area contributed by atoms with Crippen molar-refractivity contribution in [1.29, 1.82) is 0 Å². The van der Waals surface area contributed by atoms with Gasteiger partial charge in [-0.25, -0.2) is 13.4 Å². The minimum atomic E-state index is -3.76. The lowest BCUT2D eigenvalue weighted by molar-refractivity contribution is 0.600. The van der Waals surface area contributed by atoms with Crippen molar-refractivity contribution < 1.29 is 8.42 Å². The smallest absolute Gasteiger partial charge is 0.262 e. The Bertz CT molecular complexity index is 722. The summed E-state index contributed by atoms with van der Waals surface area (Å²) in [6, 6.07) is 8.04. The monoisotopic (exact) mass is 424 g/mol. The predicted molar refractivity (Wildman–Crippen MR) is 81.9 cm³/mol. The number of nitrogens with one attached hydrogen (secondary N) is 1. The fourth-order valence-electron chi connectivity index (χ4n) is 1.33. The van der Waals surface area contributed by atoms with Gasteiger partial charge in [0.25, 0.3) is 10.0 Å². The number of pyridine rings is 1. The second-order valence-corrected chi connectivity index (χ2v) is 7.34. The van der Waals surface area contributed by atoms with Gasteiger partial charge >= 0.3 is 0 Å². The topological polar surface area (TPSA) is 59.1 Å². The van der Waals surface area contributed by atoms with E-state index in [0.717, 1.165) is 0 Å². The summed E-state index contributed by atoms with van der Waals surface area (Å²) in [5.74, 6) is 0.0936. The van der Waals surface area contributed by atoms with Gasteiger partial charge in [0.2, 0.25) is 0 Å². The fraction of sp³-hybridized carbons (Fsp3) is 0. The van der Waals surface area contributed by atoms with Crippen LogP contribution >= 0.6 is 43.5 Å². The van der Waals surface area contributed by atoms with Crippen LogP contribution in [0.15, 0.2) is 50.4 Å². The Morgan fingerprint density at radius 1 is 1.21 bits per heavy atom. The largest absolute Gasteiger partial charge is 0.264 e. The zero-order chi connectivity index (χ0) is 14.0. The number of nitrogens with zero attached hydrogens (tertiary/aromatic N) is 1. The molecule has 0 amide bonds. The maximum Gasteiger partial charge on any atom is 0.264 e. The van der Waals surface area contributed by atoms with Crippen LogP contribution in [0.25, 0.3) is 0 Å². The normalized spacial score (nSPS) is 11.3. The van der Waals surface area contributed by atoms with Crippen molar-refractivity contribution in [2.75, 3.05) is 4.72 Å². The second-order valence-electron chi connectivity index (χ2n) is 3.51. The van der Waals surface area contributed by atoms with Gasteiger partial charge in [-0.3, -0.25) is 4.72 Å². The third-order valence-electron chi connectivity index (χ3n) is 2.17. The lowest BCUT2D eigenvalue weighted by Gasteiger charge is -2.10. The molecule has 0 fully saturated rings. The van der Waals surface area contributed by atoms with Gasteiger partial charge in [0, 0.05) is 15.1 Å². The summed E-state index contributed by atoms with van der Waals surface area (Å²) in [6.45, 7) is 0. The number of anilines is 1. The molecule has 0 spiro atoms. The highest BCUT2D eigenvalue weighted by atomic mass is 79.9. The molecule has 100 valence electrons. The second kappa shape index (κ2) is 5.78. The van der Waals surface area contributed by atoms with E-state index in [9.17, 15) is 8.42 Å². The predicted octanol–water partition coefficient (Wildman–Crippen LogP) is 4.06. The zero-order valence-electron chi connectivity index (χ0n) is 9.27. The minimum Gasteiger partial charge on any atom is -0.262 e. The van der Waals surface area contributed by atoms with E-state index in [1.54, 1.807) is 24.3 Å². The molecule has 1 heterocycles. The zero-order valence-corrected chi connectivity index (χ0v) is 14.0. The molecule has 1 aromatic heterocycles. The van der Waals surface area contributed by atoms with Gasteiger partial charge in [-0.15, -0.1) is 0 Å².